The van der Waals surface area contributed by atoms with Crippen molar-refractivity contribution >= 4 is 33.2 Å². The molecule has 2 heterocycles. The number of hydrogen-bond acceptors (Lipinski definition) is 4. The van der Waals surface area contributed by atoms with E-state index in [9.17, 15) is 4.79 Å². The van der Waals surface area contributed by atoms with E-state index in [-0.39, 0.29) is 5.91 Å². The first-order valence-electron chi connectivity index (χ1n) is 8.79. The predicted octanol–water partition coefficient (Wildman–Crippen LogP) is 4.08. The van der Waals surface area contributed by atoms with Crippen molar-refractivity contribution in [2.45, 2.75) is 19.8 Å². The van der Waals surface area contributed by atoms with Gasteiger partial charge in [-0.05, 0) is 43.9 Å². The van der Waals surface area contributed by atoms with Gasteiger partial charge in [-0.15, -0.1) is 11.3 Å². The Hall–Kier alpha value is -2.73. The lowest BCUT2D eigenvalue weighted by molar-refractivity contribution is 0.0958. The third-order valence-corrected chi connectivity index (χ3v) is 6.33. The monoisotopic (exact) mass is 362 g/mol. The number of fused-ring (bicyclic) bond motifs is 2. The summed E-state index contributed by atoms with van der Waals surface area (Å²) in [5.74, 6) is 0.990. The minimum absolute atomic E-state index is 0.150. The molecule has 1 aromatic carbocycles. The lowest BCUT2D eigenvalue weighted by Crippen LogP contribution is -2.35. The van der Waals surface area contributed by atoms with Crippen LogP contribution in [0, 0.1) is 18.8 Å². The van der Waals surface area contributed by atoms with Gasteiger partial charge in [0.25, 0.3) is 5.91 Å². The van der Waals surface area contributed by atoms with Gasteiger partial charge in [0.2, 0.25) is 0 Å². The molecule has 2 aromatic heterocycles. The Kier molecular flexibility index (Phi) is 3.53. The smallest absolute Gasteiger partial charge is 0.266 e. The summed E-state index contributed by atoms with van der Waals surface area (Å²) in [6.07, 6.45) is 6.55. The van der Waals surface area contributed by atoms with E-state index in [0.29, 0.717) is 16.7 Å². The molecule has 2 aliphatic rings. The van der Waals surface area contributed by atoms with Gasteiger partial charge in [-0.2, -0.15) is 10.2 Å². The summed E-state index contributed by atoms with van der Waals surface area (Å²) in [7, 11) is 0. The highest BCUT2D eigenvalue weighted by molar-refractivity contribution is 7.20. The van der Waals surface area contributed by atoms with Crippen LogP contribution in [0.2, 0.25) is 0 Å². The van der Waals surface area contributed by atoms with Gasteiger partial charge >= 0.3 is 0 Å². The highest BCUT2D eigenvalue weighted by atomic mass is 32.1. The molecule has 0 spiro atoms. The third-order valence-electron chi connectivity index (χ3n) is 5.22. The molecule has 5 nitrogen and oxygen atoms in total. The second-order valence-corrected chi connectivity index (χ2v) is 7.89. The molecule has 26 heavy (non-hydrogen) atoms. The van der Waals surface area contributed by atoms with Crippen LogP contribution >= 0.6 is 11.3 Å². The number of aromatic nitrogens is 2. The van der Waals surface area contributed by atoms with E-state index in [4.69, 9.17) is 0 Å². The lowest BCUT2D eigenvalue weighted by atomic mass is 9.74. The van der Waals surface area contributed by atoms with Crippen LogP contribution in [0.3, 0.4) is 0 Å². The quantitative estimate of drug-likeness (QED) is 0.564. The Balaban J connectivity index is 1.42. The topological polar surface area (TPSA) is 59.3 Å². The fourth-order valence-electron chi connectivity index (χ4n) is 3.74. The molecule has 1 saturated carbocycles. The molecule has 130 valence electrons. The summed E-state index contributed by atoms with van der Waals surface area (Å²) < 4.78 is 1.90. The summed E-state index contributed by atoms with van der Waals surface area (Å²) in [4.78, 5) is 14.2. The van der Waals surface area contributed by atoms with Crippen molar-refractivity contribution in [3.63, 3.8) is 0 Å². The maximum atomic E-state index is 12.6. The van der Waals surface area contributed by atoms with Crippen molar-refractivity contribution in [1.82, 2.24) is 15.2 Å². The minimum Gasteiger partial charge on any atom is -0.266 e. The average Bonchev–Trinajstić information content (AvgIpc) is 3.31. The lowest BCUT2D eigenvalue weighted by Gasteiger charge is -2.31. The van der Waals surface area contributed by atoms with Crippen LogP contribution in [-0.4, -0.2) is 21.4 Å². The Bertz CT molecular complexity index is 1060. The van der Waals surface area contributed by atoms with E-state index in [1.807, 2.05) is 48.0 Å². The molecule has 0 bridgehead atoms. The number of hydrazone groups is 1. The number of amides is 1. The first kappa shape index (κ1) is 15.5. The molecule has 6 heteroatoms. The fourth-order valence-corrected chi connectivity index (χ4v) is 4.82. The van der Waals surface area contributed by atoms with Crippen molar-refractivity contribution in [3.8, 4) is 5.69 Å². The van der Waals surface area contributed by atoms with E-state index < -0.39 is 0 Å². The Morgan fingerprint density at radius 3 is 3.00 bits per heavy atom. The number of carbonyl (C=O) groups excluding carboxylic acids is 1. The predicted molar refractivity (Wildman–Crippen MR) is 104 cm³/mol. The Morgan fingerprint density at radius 1 is 1.35 bits per heavy atom. The SMILES string of the molecule is Cc1nn(-c2ccccc2)c2sc(C(=O)N/N=C3\CC4CC=CC34)cc12. The van der Waals surface area contributed by atoms with E-state index in [0.717, 1.165) is 40.2 Å². The number of benzene rings is 1. The highest BCUT2D eigenvalue weighted by Gasteiger charge is 2.38. The zero-order valence-corrected chi connectivity index (χ0v) is 15.2. The number of thiophene rings is 1. The number of para-hydroxylation sites is 1. The van der Waals surface area contributed by atoms with Gasteiger partial charge in [0.05, 0.1) is 16.3 Å². The number of nitrogens with one attached hydrogen (secondary N) is 1. The van der Waals surface area contributed by atoms with Gasteiger partial charge in [-0.25, -0.2) is 10.1 Å². The molecular formula is C20H18N4OS. The van der Waals surface area contributed by atoms with Crippen molar-refractivity contribution in [2.24, 2.45) is 16.9 Å². The molecule has 0 radical (unpaired) electrons. The van der Waals surface area contributed by atoms with Crippen molar-refractivity contribution in [3.05, 3.63) is 59.1 Å². The van der Waals surface area contributed by atoms with Crippen LogP contribution in [-0.2, 0) is 0 Å². The van der Waals surface area contributed by atoms with E-state index in [1.165, 1.54) is 11.3 Å². The van der Waals surface area contributed by atoms with Crippen LogP contribution in [0.4, 0.5) is 0 Å². The molecule has 1 N–H and O–H groups in total. The number of hydrogen-bond donors (Lipinski definition) is 1. The van der Waals surface area contributed by atoms with Crippen LogP contribution < -0.4 is 5.43 Å². The Labute approximate surface area is 155 Å². The summed E-state index contributed by atoms with van der Waals surface area (Å²) in [5, 5.41) is 9.98. The second-order valence-electron chi connectivity index (χ2n) is 6.86. The Morgan fingerprint density at radius 2 is 2.19 bits per heavy atom. The standard InChI is InChI=1S/C20H18N4OS/c1-12-16-11-18(19(25)22-21-17-10-13-6-5-9-15(13)17)26-20(16)24(23-12)14-7-3-2-4-8-14/h2-5,7-9,11,13,15H,6,10H2,1H3,(H,22,25)/b21-17+. The molecule has 1 fully saturated rings. The largest absolute Gasteiger partial charge is 0.281 e. The average molecular weight is 362 g/mol. The molecule has 2 aliphatic carbocycles. The normalized spacial score (nSPS) is 22.6. The molecule has 1 amide bonds. The van der Waals surface area contributed by atoms with Gasteiger partial charge in [0.1, 0.15) is 4.83 Å². The van der Waals surface area contributed by atoms with Crippen LogP contribution in [0.25, 0.3) is 15.9 Å². The number of rotatable bonds is 3. The molecule has 0 aliphatic heterocycles. The summed E-state index contributed by atoms with van der Waals surface area (Å²) in [6, 6.07) is 11.9. The molecule has 2 unspecified atom stereocenters. The number of nitrogens with zero attached hydrogens (tertiary/aromatic N) is 3. The minimum atomic E-state index is -0.150. The number of aryl methyl sites for hydroxylation is 1. The number of carbonyl (C=O) groups is 1. The van der Waals surface area contributed by atoms with Crippen molar-refractivity contribution in [2.75, 3.05) is 0 Å². The molecule has 5 rings (SSSR count). The van der Waals surface area contributed by atoms with Gasteiger partial charge < -0.3 is 0 Å². The maximum absolute atomic E-state index is 12.6. The zero-order chi connectivity index (χ0) is 17.7. The second kappa shape index (κ2) is 5.92. The molecular weight excluding hydrogens is 344 g/mol. The summed E-state index contributed by atoms with van der Waals surface area (Å²) >= 11 is 1.45. The molecule has 3 aromatic rings. The first-order valence-corrected chi connectivity index (χ1v) is 9.60. The van der Waals surface area contributed by atoms with Crippen LogP contribution in [0.5, 0.6) is 0 Å². The van der Waals surface area contributed by atoms with Gasteiger partial charge in [-0.1, -0.05) is 30.4 Å². The van der Waals surface area contributed by atoms with Crippen LogP contribution in [0.15, 0.2) is 53.7 Å². The molecule has 0 saturated heterocycles. The third kappa shape index (κ3) is 2.41. The maximum Gasteiger partial charge on any atom is 0.281 e. The van der Waals surface area contributed by atoms with E-state index in [1.54, 1.807) is 0 Å². The highest BCUT2D eigenvalue weighted by Crippen LogP contribution is 2.40. The molecule has 2 atom stereocenters. The zero-order valence-electron chi connectivity index (χ0n) is 14.3. The summed E-state index contributed by atoms with van der Waals surface area (Å²) in [5.41, 5.74) is 5.74. The fraction of sp³-hybridized carbons (Fsp3) is 0.250. The van der Waals surface area contributed by atoms with Gasteiger partial charge in [0, 0.05) is 17.0 Å². The van der Waals surface area contributed by atoms with Crippen molar-refractivity contribution < 1.29 is 4.79 Å². The summed E-state index contributed by atoms with van der Waals surface area (Å²) in [6.45, 7) is 1.97. The number of allylic oxidation sites excluding steroid dienone is 2. The van der Waals surface area contributed by atoms with Crippen LogP contribution in [0.1, 0.15) is 28.2 Å². The van der Waals surface area contributed by atoms with Gasteiger partial charge in [0.15, 0.2) is 0 Å². The van der Waals surface area contributed by atoms with Gasteiger partial charge in [-0.3, -0.25) is 4.79 Å². The van der Waals surface area contributed by atoms with E-state index in [2.05, 4.69) is 27.8 Å². The van der Waals surface area contributed by atoms with Crippen molar-refractivity contribution in [1.29, 1.82) is 0 Å². The first-order chi connectivity index (χ1) is 12.7. The van der Waals surface area contributed by atoms with E-state index >= 15 is 0 Å².